The van der Waals surface area contributed by atoms with E-state index in [1.165, 1.54) is 6.92 Å². The zero-order valence-electron chi connectivity index (χ0n) is 14.9. The lowest BCUT2D eigenvalue weighted by Gasteiger charge is -2.11. The second kappa shape index (κ2) is 8.14. The molecular weight excluding hydrogens is 344 g/mol. The zero-order valence-corrected chi connectivity index (χ0v) is 14.9. The molecule has 0 radical (unpaired) electrons. The molecule has 0 aliphatic carbocycles. The Labute approximate surface area is 156 Å². The summed E-state index contributed by atoms with van der Waals surface area (Å²) in [5, 5.41) is 2.78. The highest BCUT2D eigenvalue weighted by Crippen LogP contribution is 2.25. The monoisotopic (exact) mass is 362 g/mol. The number of anilines is 1. The summed E-state index contributed by atoms with van der Waals surface area (Å²) in [6.07, 6.45) is 1.55. The minimum absolute atomic E-state index is 0.0321. The van der Waals surface area contributed by atoms with Crippen LogP contribution in [0.1, 0.15) is 27.6 Å². The largest absolute Gasteiger partial charge is 0.497 e. The van der Waals surface area contributed by atoms with Crippen LogP contribution in [0.15, 0.2) is 66.9 Å². The number of ketones is 1. The van der Waals surface area contributed by atoms with Crippen molar-refractivity contribution in [1.29, 1.82) is 0 Å². The van der Waals surface area contributed by atoms with Gasteiger partial charge in [-0.15, -0.1) is 0 Å². The van der Waals surface area contributed by atoms with Crippen molar-refractivity contribution in [2.75, 3.05) is 12.4 Å². The standard InChI is InChI=1S/C21H18N2O4/c1-14(24)15-5-7-16(8-6-15)23-20(25)19-4-3-13-22-21(19)27-18-11-9-17(26-2)10-12-18/h3-13H,1-2H3,(H,23,25). The summed E-state index contributed by atoms with van der Waals surface area (Å²) >= 11 is 0. The Morgan fingerprint density at radius 2 is 1.59 bits per heavy atom. The minimum atomic E-state index is -0.359. The van der Waals surface area contributed by atoms with E-state index in [1.54, 1.807) is 74.0 Å². The first kappa shape index (κ1) is 18.1. The van der Waals surface area contributed by atoms with Crippen molar-refractivity contribution in [3.05, 3.63) is 78.0 Å². The number of hydrogen-bond donors (Lipinski definition) is 1. The van der Waals surface area contributed by atoms with Crippen LogP contribution in [0.4, 0.5) is 5.69 Å². The molecule has 6 nitrogen and oxygen atoms in total. The van der Waals surface area contributed by atoms with Gasteiger partial charge in [0.25, 0.3) is 5.91 Å². The van der Waals surface area contributed by atoms with Crippen LogP contribution in [0, 0.1) is 0 Å². The number of nitrogens with one attached hydrogen (secondary N) is 1. The van der Waals surface area contributed by atoms with Crippen LogP contribution in [0.3, 0.4) is 0 Å². The van der Waals surface area contributed by atoms with E-state index in [9.17, 15) is 9.59 Å². The van der Waals surface area contributed by atoms with Crippen molar-refractivity contribution in [3.63, 3.8) is 0 Å². The lowest BCUT2D eigenvalue weighted by molar-refractivity contribution is 0.101. The summed E-state index contributed by atoms with van der Waals surface area (Å²) in [6.45, 7) is 1.49. The summed E-state index contributed by atoms with van der Waals surface area (Å²) in [6, 6.07) is 16.9. The number of methoxy groups -OCH3 is 1. The number of rotatable bonds is 6. The van der Waals surface area contributed by atoms with E-state index in [4.69, 9.17) is 9.47 Å². The molecule has 3 rings (SSSR count). The number of amides is 1. The molecule has 0 unspecified atom stereocenters. The smallest absolute Gasteiger partial charge is 0.261 e. The average molecular weight is 362 g/mol. The molecule has 0 aliphatic rings. The van der Waals surface area contributed by atoms with Crippen molar-refractivity contribution in [3.8, 4) is 17.4 Å². The number of nitrogens with zero attached hydrogens (tertiary/aromatic N) is 1. The van der Waals surface area contributed by atoms with Crippen molar-refractivity contribution in [2.24, 2.45) is 0 Å². The van der Waals surface area contributed by atoms with E-state index in [-0.39, 0.29) is 17.6 Å². The SMILES string of the molecule is COc1ccc(Oc2ncccc2C(=O)Nc2ccc(C(C)=O)cc2)cc1. The van der Waals surface area contributed by atoms with Gasteiger partial charge in [-0.05, 0) is 67.6 Å². The summed E-state index contributed by atoms with van der Waals surface area (Å²) in [5.74, 6) is 1.04. The Balaban J connectivity index is 1.77. The molecule has 0 saturated carbocycles. The number of carbonyl (C=O) groups is 2. The second-order valence-corrected chi connectivity index (χ2v) is 5.72. The third-order valence-corrected chi connectivity index (χ3v) is 3.84. The molecular formula is C21H18N2O4. The maximum atomic E-state index is 12.6. The summed E-state index contributed by atoms with van der Waals surface area (Å²) in [5.41, 5.74) is 1.45. The Kier molecular flexibility index (Phi) is 5.47. The van der Waals surface area contributed by atoms with Crippen LogP contribution in [-0.2, 0) is 0 Å². The number of carbonyl (C=O) groups excluding carboxylic acids is 2. The lowest BCUT2D eigenvalue weighted by Crippen LogP contribution is -2.13. The van der Waals surface area contributed by atoms with Gasteiger partial charge in [-0.3, -0.25) is 9.59 Å². The molecule has 1 N–H and O–H groups in total. The van der Waals surface area contributed by atoms with Crippen molar-refractivity contribution >= 4 is 17.4 Å². The molecule has 0 fully saturated rings. The van der Waals surface area contributed by atoms with Crippen molar-refractivity contribution in [1.82, 2.24) is 4.98 Å². The van der Waals surface area contributed by atoms with E-state index in [0.717, 1.165) is 0 Å². The van der Waals surface area contributed by atoms with Gasteiger partial charge >= 0.3 is 0 Å². The highest BCUT2D eigenvalue weighted by atomic mass is 16.5. The van der Waals surface area contributed by atoms with Gasteiger partial charge in [0.1, 0.15) is 17.1 Å². The number of benzene rings is 2. The predicted molar refractivity (Wildman–Crippen MR) is 102 cm³/mol. The van der Waals surface area contributed by atoms with Crippen LogP contribution in [0.25, 0.3) is 0 Å². The lowest BCUT2D eigenvalue weighted by atomic mass is 10.1. The van der Waals surface area contributed by atoms with Gasteiger partial charge in [0.2, 0.25) is 5.88 Å². The fraction of sp³-hybridized carbons (Fsp3) is 0.0952. The highest BCUT2D eigenvalue weighted by Gasteiger charge is 2.15. The van der Waals surface area contributed by atoms with E-state index < -0.39 is 0 Å². The third-order valence-electron chi connectivity index (χ3n) is 3.84. The van der Waals surface area contributed by atoms with E-state index >= 15 is 0 Å². The fourth-order valence-electron chi connectivity index (χ4n) is 2.39. The van der Waals surface area contributed by atoms with Gasteiger partial charge in [-0.1, -0.05) is 0 Å². The Morgan fingerprint density at radius 1 is 0.926 bits per heavy atom. The quantitative estimate of drug-likeness (QED) is 0.660. The maximum absolute atomic E-state index is 12.6. The van der Waals surface area contributed by atoms with E-state index in [0.29, 0.717) is 28.3 Å². The van der Waals surface area contributed by atoms with Crippen LogP contribution in [-0.4, -0.2) is 23.8 Å². The molecule has 136 valence electrons. The number of aromatic nitrogens is 1. The topological polar surface area (TPSA) is 77.5 Å². The number of ether oxygens (including phenoxy) is 2. The summed E-state index contributed by atoms with van der Waals surface area (Å²) in [4.78, 5) is 28.1. The molecule has 6 heteroatoms. The highest BCUT2D eigenvalue weighted by molar-refractivity contribution is 6.06. The number of Topliss-reactive ketones (excluding diaryl/α,β-unsaturated/α-hetero) is 1. The van der Waals surface area contributed by atoms with Crippen molar-refractivity contribution < 1.29 is 19.1 Å². The number of pyridine rings is 1. The molecule has 1 heterocycles. The van der Waals surface area contributed by atoms with Crippen LogP contribution in [0.2, 0.25) is 0 Å². The predicted octanol–water partition coefficient (Wildman–Crippen LogP) is 4.34. The fourth-order valence-corrected chi connectivity index (χ4v) is 2.39. The Morgan fingerprint density at radius 3 is 2.22 bits per heavy atom. The first-order chi connectivity index (χ1) is 13.1. The van der Waals surface area contributed by atoms with Gasteiger partial charge in [-0.2, -0.15) is 0 Å². The number of hydrogen-bond acceptors (Lipinski definition) is 5. The second-order valence-electron chi connectivity index (χ2n) is 5.72. The zero-order chi connectivity index (χ0) is 19.2. The summed E-state index contributed by atoms with van der Waals surface area (Å²) in [7, 11) is 1.58. The van der Waals surface area contributed by atoms with E-state index in [2.05, 4.69) is 10.3 Å². The van der Waals surface area contributed by atoms with Crippen LogP contribution in [0.5, 0.6) is 17.4 Å². The molecule has 1 amide bonds. The van der Waals surface area contributed by atoms with Crippen molar-refractivity contribution in [2.45, 2.75) is 6.92 Å². The molecule has 0 bridgehead atoms. The Bertz CT molecular complexity index is 951. The van der Waals surface area contributed by atoms with Crippen LogP contribution >= 0.6 is 0 Å². The van der Waals surface area contributed by atoms with E-state index in [1.807, 2.05) is 0 Å². The third kappa shape index (κ3) is 4.49. The molecule has 3 aromatic rings. The first-order valence-electron chi connectivity index (χ1n) is 8.26. The normalized spacial score (nSPS) is 10.1. The first-order valence-corrected chi connectivity index (χ1v) is 8.26. The average Bonchev–Trinajstić information content (AvgIpc) is 2.69. The maximum Gasteiger partial charge on any atom is 0.261 e. The van der Waals surface area contributed by atoms with Gasteiger partial charge in [-0.25, -0.2) is 4.98 Å². The molecule has 0 saturated heterocycles. The van der Waals surface area contributed by atoms with Gasteiger partial charge in [0, 0.05) is 17.4 Å². The Hall–Kier alpha value is -3.67. The van der Waals surface area contributed by atoms with Gasteiger partial charge in [0.15, 0.2) is 5.78 Å². The van der Waals surface area contributed by atoms with Gasteiger partial charge in [0.05, 0.1) is 7.11 Å². The molecule has 1 aromatic heterocycles. The van der Waals surface area contributed by atoms with Gasteiger partial charge < -0.3 is 14.8 Å². The molecule has 0 atom stereocenters. The molecule has 0 aliphatic heterocycles. The molecule has 2 aromatic carbocycles. The van der Waals surface area contributed by atoms with Crippen LogP contribution < -0.4 is 14.8 Å². The minimum Gasteiger partial charge on any atom is -0.497 e. The molecule has 27 heavy (non-hydrogen) atoms. The summed E-state index contributed by atoms with van der Waals surface area (Å²) < 4.78 is 10.9. The molecule has 0 spiro atoms.